The molecular formula is C35H38N6O3Si. The highest BCUT2D eigenvalue weighted by Gasteiger charge is 2.26. The number of aromatic nitrogens is 5. The van der Waals surface area contributed by atoms with Crippen molar-refractivity contribution in [2.24, 2.45) is 0 Å². The maximum atomic E-state index is 6.13. The minimum atomic E-state index is -1.17. The van der Waals surface area contributed by atoms with Crippen LogP contribution in [0.25, 0.3) is 39.2 Å². The van der Waals surface area contributed by atoms with E-state index in [1.165, 1.54) is 0 Å². The lowest BCUT2D eigenvalue weighted by molar-refractivity contribution is 0.0788. The van der Waals surface area contributed by atoms with Gasteiger partial charge in [-0.05, 0) is 29.3 Å². The molecule has 3 heterocycles. The fourth-order valence-electron chi connectivity index (χ4n) is 5.15. The van der Waals surface area contributed by atoms with Crippen LogP contribution in [0, 0.1) is 0 Å². The van der Waals surface area contributed by atoms with E-state index in [1.807, 2.05) is 72.9 Å². The van der Waals surface area contributed by atoms with Crippen molar-refractivity contribution in [3.05, 3.63) is 97.2 Å². The Morgan fingerprint density at radius 2 is 1.40 bits per heavy atom. The van der Waals surface area contributed by atoms with Crippen molar-refractivity contribution in [3.8, 4) is 45.1 Å². The van der Waals surface area contributed by atoms with Crippen LogP contribution in [0.15, 0.2) is 97.2 Å². The van der Waals surface area contributed by atoms with Gasteiger partial charge in [-0.3, -0.25) is 0 Å². The summed E-state index contributed by atoms with van der Waals surface area (Å²) in [5.41, 5.74) is 6.00. The van der Waals surface area contributed by atoms with E-state index < -0.39 is 8.07 Å². The zero-order chi connectivity index (χ0) is 31.4. The predicted molar refractivity (Wildman–Crippen MR) is 182 cm³/mol. The van der Waals surface area contributed by atoms with Gasteiger partial charge < -0.3 is 19.5 Å². The first-order chi connectivity index (χ1) is 21.8. The highest BCUT2D eigenvalue weighted by Crippen LogP contribution is 2.42. The van der Waals surface area contributed by atoms with Gasteiger partial charge in [0.05, 0.1) is 25.3 Å². The van der Waals surface area contributed by atoms with E-state index in [-0.39, 0.29) is 0 Å². The molecule has 6 aromatic rings. The maximum Gasteiger partial charge on any atom is 0.228 e. The van der Waals surface area contributed by atoms with Crippen LogP contribution < -0.4 is 14.8 Å². The molecule has 0 radical (unpaired) electrons. The zero-order valence-corrected chi connectivity index (χ0v) is 27.3. The van der Waals surface area contributed by atoms with Gasteiger partial charge in [-0.15, -0.1) is 0 Å². The van der Waals surface area contributed by atoms with Crippen molar-refractivity contribution in [1.29, 1.82) is 0 Å². The van der Waals surface area contributed by atoms with Crippen LogP contribution in [-0.2, 0) is 11.5 Å². The highest BCUT2D eigenvalue weighted by molar-refractivity contribution is 6.76. The van der Waals surface area contributed by atoms with Crippen molar-refractivity contribution < 1.29 is 14.2 Å². The number of nitrogens with zero attached hydrogens (tertiary/aromatic N) is 5. The van der Waals surface area contributed by atoms with Crippen LogP contribution >= 0.6 is 0 Å². The van der Waals surface area contributed by atoms with E-state index in [0.29, 0.717) is 29.9 Å². The number of anilines is 2. The summed E-state index contributed by atoms with van der Waals surface area (Å²) in [7, 11) is 2.14. The molecule has 0 spiro atoms. The fraction of sp³-hybridized carbons (Fsp3) is 0.229. The third-order valence-corrected chi connectivity index (χ3v) is 9.21. The second-order valence-electron chi connectivity index (χ2n) is 12.0. The molecule has 0 aliphatic rings. The second-order valence-corrected chi connectivity index (χ2v) is 17.6. The summed E-state index contributed by atoms with van der Waals surface area (Å²) in [5.74, 6) is 2.53. The molecular weight excluding hydrogens is 581 g/mol. The van der Waals surface area contributed by atoms with Crippen molar-refractivity contribution in [2.75, 3.05) is 26.1 Å². The van der Waals surface area contributed by atoms with Crippen LogP contribution in [0.4, 0.5) is 11.6 Å². The first-order valence-corrected chi connectivity index (χ1v) is 18.7. The molecule has 230 valence electrons. The highest BCUT2D eigenvalue weighted by atomic mass is 28.3. The minimum Gasteiger partial charge on any atom is -0.497 e. The molecule has 0 unspecified atom stereocenters. The Morgan fingerprint density at radius 3 is 2.04 bits per heavy atom. The summed E-state index contributed by atoms with van der Waals surface area (Å²) in [4.78, 5) is 5.23. The number of benzene rings is 3. The van der Waals surface area contributed by atoms with Gasteiger partial charge in [0.25, 0.3) is 0 Å². The largest absolute Gasteiger partial charge is 0.497 e. The van der Waals surface area contributed by atoms with Crippen LogP contribution in [0.3, 0.4) is 0 Å². The van der Waals surface area contributed by atoms with Crippen LogP contribution in [0.2, 0.25) is 25.7 Å². The summed E-state index contributed by atoms with van der Waals surface area (Å²) < 4.78 is 21.1. The Kier molecular flexibility index (Phi) is 8.68. The first kappa shape index (κ1) is 30.1. The van der Waals surface area contributed by atoms with Gasteiger partial charge in [0.1, 0.15) is 24.0 Å². The summed E-state index contributed by atoms with van der Waals surface area (Å²) in [5, 5.41) is 13.3. The molecule has 0 aliphatic carbocycles. The van der Waals surface area contributed by atoms with Gasteiger partial charge >= 0.3 is 0 Å². The Balaban J connectivity index is 1.49. The molecule has 0 amide bonds. The number of hydrogen-bond acceptors (Lipinski definition) is 7. The van der Waals surface area contributed by atoms with Crippen LogP contribution in [-0.4, -0.2) is 53.3 Å². The standard InChI is InChI=1S/C35H38N6O3Si/c1-42-28-18-16-26(17-19-28)31-33(36-29-20-21-40(38-29)24-44-22-23-45(3,4)5)37-34-30(25-12-8-6-9-13-25)32(27-14-10-7-11-15-27)39-41(34)35(31)43-2/h6-21H,22-24H2,1-5H3,(H,36,37,38). The molecule has 10 heteroatoms. The average Bonchev–Trinajstić information content (AvgIpc) is 3.67. The van der Waals surface area contributed by atoms with E-state index in [9.17, 15) is 0 Å². The molecule has 0 fully saturated rings. The number of methoxy groups -OCH3 is 2. The van der Waals surface area contributed by atoms with Gasteiger partial charge in [-0.2, -0.15) is 14.7 Å². The van der Waals surface area contributed by atoms with Gasteiger partial charge in [0, 0.05) is 32.5 Å². The van der Waals surface area contributed by atoms with E-state index in [1.54, 1.807) is 23.4 Å². The topological polar surface area (TPSA) is 87.7 Å². The molecule has 1 N–H and O–H groups in total. The average molecular weight is 619 g/mol. The summed E-state index contributed by atoms with van der Waals surface area (Å²) in [6.07, 6.45) is 1.90. The first-order valence-electron chi connectivity index (χ1n) is 15.0. The molecule has 3 aromatic heterocycles. The van der Waals surface area contributed by atoms with E-state index >= 15 is 0 Å². The molecule has 0 aliphatic heterocycles. The normalized spacial score (nSPS) is 11.6. The Bertz CT molecular complexity index is 1880. The minimum absolute atomic E-state index is 0.383. The lowest BCUT2D eigenvalue weighted by Crippen LogP contribution is -2.22. The predicted octanol–water partition coefficient (Wildman–Crippen LogP) is 8.00. The molecule has 0 bridgehead atoms. The second kappa shape index (κ2) is 13.0. The van der Waals surface area contributed by atoms with Gasteiger partial charge in [-0.1, -0.05) is 92.4 Å². The van der Waals surface area contributed by atoms with Gasteiger partial charge in [-0.25, -0.2) is 9.67 Å². The summed E-state index contributed by atoms with van der Waals surface area (Å²) in [6.45, 7) is 8.14. The molecule has 0 saturated carbocycles. The molecule has 6 rings (SSSR count). The molecule has 0 saturated heterocycles. The molecule has 0 atom stereocenters. The Hall–Kier alpha value is -4.93. The van der Waals surface area contributed by atoms with E-state index in [4.69, 9.17) is 29.4 Å². The lowest BCUT2D eigenvalue weighted by Gasteiger charge is -2.16. The van der Waals surface area contributed by atoms with Gasteiger partial charge in [0.15, 0.2) is 11.5 Å². The quantitative estimate of drug-likeness (QED) is 0.110. The number of fused-ring (bicyclic) bond motifs is 1. The van der Waals surface area contributed by atoms with Crippen molar-refractivity contribution in [2.45, 2.75) is 32.4 Å². The summed E-state index contributed by atoms with van der Waals surface area (Å²) >= 11 is 0. The fourth-order valence-corrected chi connectivity index (χ4v) is 5.90. The number of nitrogens with one attached hydrogen (secondary N) is 1. The van der Waals surface area contributed by atoms with Crippen molar-refractivity contribution >= 4 is 25.4 Å². The van der Waals surface area contributed by atoms with Crippen LogP contribution in [0.5, 0.6) is 11.6 Å². The molecule has 3 aromatic carbocycles. The maximum absolute atomic E-state index is 6.13. The Labute approximate surface area is 264 Å². The summed E-state index contributed by atoms with van der Waals surface area (Å²) in [6, 6.07) is 31.2. The van der Waals surface area contributed by atoms with E-state index in [2.05, 4.69) is 49.2 Å². The van der Waals surface area contributed by atoms with Crippen LogP contribution in [0.1, 0.15) is 0 Å². The van der Waals surface area contributed by atoms with Crippen molar-refractivity contribution in [1.82, 2.24) is 24.4 Å². The Morgan fingerprint density at radius 1 is 0.733 bits per heavy atom. The molecule has 45 heavy (non-hydrogen) atoms. The third-order valence-electron chi connectivity index (χ3n) is 7.51. The van der Waals surface area contributed by atoms with Gasteiger partial charge in [0.2, 0.25) is 5.88 Å². The molecule has 9 nitrogen and oxygen atoms in total. The lowest BCUT2D eigenvalue weighted by atomic mass is 10.0. The van der Waals surface area contributed by atoms with Crippen molar-refractivity contribution in [3.63, 3.8) is 0 Å². The number of hydrogen-bond donors (Lipinski definition) is 1. The number of ether oxygens (including phenoxy) is 3. The SMILES string of the molecule is COc1ccc(-c2c(Nc3ccn(COCC[Si](C)(C)C)n3)nc3c(-c4ccccc4)c(-c4ccccc4)nn3c2OC)cc1. The third kappa shape index (κ3) is 6.62. The zero-order valence-electron chi connectivity index (χ0n) is 26.3. The van der Waals surface area contributed by atoms with E-state index in [0.717, 1.165) is 51.9 Å². The number of rotatable bonds is 12. The monoisotopic (exact) mass is 618 g/mol. The smallest absolute Gasteiger partial charge is 0.228 e.